The van der Waals surface area contributed by atoms with E-state index >= 15 is 0 Å². The lowest BCUT2D eigenvalue weighted by Gasteiger charge is -2.04. The lowest BCUT2D eigenvalue weighted by molar-refractivity contribution is -0.120. The van der Waals surface area contributed by atoms with Crippen LogP contribution in [-0.2, 0) is 11.2 Å². The molecule has 0 fully saturated rings. The lowest BCUT2D eigenvalue weighted by Crippen LogP contribution is -2.32. The van der Waals surface area contributed by atoms with Gasteiger partial charge in [-0.2, -0.15) is 0 Å². The molecule has 1 amide bonds. The maximum absolute atomic E-state index is 11.4. The molecule has 0 saturated heterocycles. The number of hydrogen-bond donors (Lipinski definition) is 2. The molecule has 16 heavy (non-hydrogen) atoms. The molecule has 0 saturated carbocycles. The molecule has 0 bridgehead atoms. The fourth-order valence-corrected chi connectivity index (χ4v) is 1.47. The van der Waals surface area contributed by atoms with E-state index in [-0.39, 0.29) is 12.5 Å². The normalized spacial score (nSPS) is 9.81. The highest BCUT2D eigenvalue weighted by Gasteiger charge is 2.02. The van der Waals surface area contributed by atoms with Crippen molar-refractivity contribution in [2.24, 2.45) is 5.73 Å². The van der Waals surface area contributed by atoms with E-state index in [0.717, 1.165) is 6.42 Å². The Morgan fingerprint density at radius 1 is 1.50 bits per heavy atom. The summed E-state index contributed by atoms with van der Waals surface area (Å²) in [5.74, 6) is -0.0192. The summed E-state index contributed by atoms with van der Waals surface area (Å²) >= 11 is 4.67. The standard InChI is InChI=1S/C12H16N2OS/c1-9-3-2-4-10(7-9)5-6-12(15)14-8-11(13)16/h2-4,7H,5-6,8H2,1H3,(H2,13,16)(H,14,15). The summed E-state index contributed by atoms with van der Waals surface area (Å²) in [5.41, 5.74) is 7.67. The fraction of sp³-hybridized carbons (Fsp3) is 0.333. The van der Waals surface area contributed by atoms with Crippen LogP contribution in [-0.4, -0.2) is 17.4 Å². The van der Waals surface area contributed by atoms with E-state index in [1.807, 2.05) is 25.1 Å². The molecule has 0 aliphatic rings. The second-order valence-electron chi connectivity index (χ2n) is 3.73. The Morgan fingerprint density at radius 2 is 2.25 bits per heavy atom. The summed E-state index contributed by atoms with van der Waals surface area (Å²) in [7, 11) is 0. The Kier molecular flexibility index (Phi) is 4.92. The molecule has 0 spiro atoms. The van der Waals surface area contributed by atoms with Crippen LogP contribution in [0.5, 0.6) is 0 Å². The van der Waals surface area contributed by atoms with Crippen molar-refractivity contribution >= 4 is 23.1 Å². The number of carbonyl (C=O) groups excluding carboxylic acids is 1. The molecule has 3 N–H and O–H groups in total. The van der Waals surface area contributed by atoms with Gasteiger partial charge in [0.1, 0.15) is 0 Å². The van der Waals surface area contributed by atoms with Gasteiger partial charge in [0.05, 0.1) is 11.5 Å². The predicted octanol–water partition coefficient (Wildman–Crippen LogP) is 1.33. The van der Waals surface area contributed by atoms with Gasteiger partial charge in [-0.3, -0.25) is 4.79 Å². The Balaban J connectivity index is 2.34. The Bertz CT molecular complexity index is 390. The Labute approximate surface area is 101 Å². The van der Waals surface area contributed by atoms with Gasteiger partial charge in [-0.25, -0.2) is 0 Å². The highest BCUT2D eigenvalue weighted by atomic mass is 32.1. The van der Waals surface area contributed by atoms with E-state index < -0.39 is 0 Å². The average Bonchev–Trinajstić information content (AvgIpc) is 2.23. The first kappa shape index (κ1) is 12.6. The molecule has 0 atom stereocenters. The van der Waals surface area contributed by atoms with E-state index in [9.17, 15) is 4.79 Å². The number of rotatable bonds is 5. The SMILES string of the molecule is Cc1cccc(CCC(=O)NCC(N)=S)c1. The van der Waals surface area contributed by atoms with Crippen LogP contribution in [0.2, 0.25) is 0 Å². The molecule has 4 heteroatoms. The van der Waals surface area contributed by atoms with Crippen molar-refractivity contribution in [3.8, 4) is 0 Å². The number of carbonyl (C=O) groups is 1. The quantitative estimate of drug-likeness (QED) is 0.758. The molecule has 0 aliphatic heterocycles. The third-order valence-electron chi connectivity index (χ3n) is 2.18. The number of hydrogen-bond acceptors (Lipinski definition) is 2. The molecule has 3 nitrogen and oxygen atoms in total. The zero-order valence-electron chi connectivity index (χ0n) is 9.32. The van der Waals surface area contributed by atoms with E-state index in [4.69, 9.17) is 5.73 Å². The molecular weight excluding hydrogens is 220 g/mol. The number of amides is 1. The summed E-state index contributed by atoms with van der Waals surface area (Å²) in [5, 5.41) is 2.66. The van der Waals surface area contributed by atoms with Crippen molar-refractivity contribution in [3.05, 3.63) is 35.4 Å². The van der Waals surface area contributed by atoms with Crippen LogP contribution in [0, 0.1) is 6.92 Å². The van der Waals surface area contributed by atoms with Gasteiger partial charge < -0.3 is 11.1 Å². The summed E-state index contributed by atoms with van der Waals surface area (Å²) in [4.78, 5) is 11.7. The molecule has 86 valence electrons. The molecule has 1 aromatic carbocycles. The van der Waals surface area contributed by atoms with E-state index in [1.54, 1.807) is 0 Å². The molecule has 0 aliphatic carbocycles. The third kappa shape index (κ3) is 4.89. The maximum atomic E-state index is 11.4. The number of nitrogens with one attached hydrogen (secondary N) is 1. The van der Waals surface area contributed by atoms with Crippen molar-refractivity contribution in [1.82, 2.24) is 5.32 Å². The van der Waals surface area contributed by atoms with Crippen LogP contribution in [0.3, 0.4) is 0 Å². The minimum absolute atomic E-state index is 0.0192. The summed E-state index contributed by atoms with van der Waals surface area (Å²) in [6, 6.07) is 8.14. The van der Waals surface area contributed by atoms with Crippen molar-refractivity contribution in [1.29, 1.82) is 0 Å². The van der Waals surface area contributed by atoms with Crippen LogP contribution >= 0.6 is 12.2 Å². The number of aryl methyl sites for hydroxylation is 2. The van der Waals surface area contributed by atoms with Gasteiger partial charge in [-0.15, -0.1) is 0 Å². The Morgan fingerprint density at radius 3 is 2.88 bits per heavy atom. The van der Waals surface area contributed by atoms with Crippen molar-refractivity contribution in [2.75, 3.05) is 6.54 Å². The predicted molar refractivity (Wildman–Crippen MR) is 69.3 cm³/mol. The van der Waals surface area contributed by atoms with E-state index in [2.05, 4.69) is 23.6 Å². The molecule has 0 radical (unpaired) electrons. The molecule has 0 unspecified atom stereocenters. The number of benzene rings is 1. The molecular formula is C12H16N2OS. The van der Waals surface area contributed by atoms with Crippen molar-refractivity contribution in [3.63, 3.8) is 0 Å². The van der Waals surface area contributed by atoms with E-state index in [1.165, 1.54) is 11.1 Å². The van der Waals surface area contributed by atoms with Crippen LogP contribution < -0.4 is 11.1 Å². The second kappa shape index (κ2) is 6.23. The van der Waals surface area contributed by atoms with Crippen LogP contribution in [0.25, 0.3) is 0 Å². The highest BCUT2D eigenvalue weighted by molar-refractivity contribution is 7.80. The minimum atomic E-state index is -0.0192. The van der Waals surface area contributed by atoms with Gasteiger partial charge in [0.15, 0.2) is 0 Å². The van der Waals surface area contributed by atoms with Gasteiger partial charge >= 0.3 is 0 Å². The molecule has 0 heterocycles. The largest absolute Gasteiger partial charge is 0.392 e. The van der Waals surface area contributed by atoms with Crippen molar-refractivity contribution < 1.29 is 4.79 Å². The minimum Gasteiger partial charge on any atom is -0.392 e. The summed E-state index contributed by atoms with van der Waals surface area (Å²) < 4.78 is 0. The first-order valence-electron chi connectivity index (χ1n) is 5.18. The first-order chi connectivity index (χ1) is 7.58. The molecule has 0 aromatic heterocycles. The Hall–Kier alpha value is -1.42. The molecule has 1 aromatic rings. The van der Waals surface area contributed by atoms with Gasteiger partial charge in [-0.05, 0) is 18.9 Å². The van der Waals surface area contributed by atoms with Gasteiger partial charge in [0.25, 0.3) is 0 Å². The third-order valence-corrected chi connectivity index (χ3v) is 2.33. The second-order valence-corrected chi connectivity index (χ2v) is 4.26. The zero-order valence-corrected chi connectivity index (χ0v) is 10.1. The fourth-order valence-electron chi connectivity index (χ4n) is 1.40. The van der Waals surface area contributed by atoms with Gasteiger partial charge in [0.2, 0.25) is 5.91 Å². The van der Waals surface area contributed by atoms with E-state index in [0.29, 0.717) is 11.4 Å². The van der Waals surface area contributed by atoms with Gasteiger partial charge in [-0.1, -0.05) is 42.0 Å². The maximum Gasteiger partial charge on any atom is 0.220 e. The smallest absolute Gasteiger partial charge is 0.220 e. The average molecular weight is 236 g/mol. The van der Waals surface area contributed by atoms with Crippen molar-refractivity contribution in [2.45, 2.75) is 19.8 Å². The van der Waals surface area contributed by atoms with Gasteiger partial charge in [0, 0.05) is 6.42 Å². The van der Waals surface area contributed by atoms with Crippen LogP contribution in [0.1, 0.15) is 17.5 Å². The highest BCUT2D eigenvalue weighted by Crippen LogP contribution is 2.06. The molecule has 1 rings (SSSR count). The summed E-state index contributed by atoms with van der Waals surface area (Å²) in [6.45, 7) is 2.32. The number of thiocarbonyl (C=S) groups is 1. The zero-order chi connectivity index (χ0) is 12.0. The lowest BCUT2D eigenvalue weighted by atomic mass is 10.1. The first-order valence-corrected chi connectivity index (χ1v) is 5.59. The van der Waals surface area contributed by atoms with Crippen LogP contribution in [0.4, 0.5) is 0 Å². The number of nitrogens with two attached hydrogens (primary N) is 1. The topological polar surface area (TPSA) is 55.1 Å². The monoisotopic (exact) mass is 236 g/mol. The van der Waals surface area contributed by atoms with Crippen LogP contribution in [0.15, 0.2) is 24.3 Å². The summed E-state index contributed by atoms with van der Waals surface area (Å²) in [6.07, 6.45) is 1.21.